The molecule has 5 nitrogen and oxygen atoms in total. The Labute approximate surface area is 115 Å². The normalized spacial score (nSPS) is 18.4. The highest BCUT2D eigenvalue weighted by molar-refractivity contribution is 5.49. The Morgan fingerprint density at radius 3 is 2.68 bits per heavy atom. The van der Waals surface area contributed by atoms with Gasteiger partial charge in [0.1, 0.15) is 17.5 Å². The molecular formula is C14H24N4O. The molecule has 0 unspecified atom stereocenters. The number of aryl methyl sites for hydroxylation is 1. The van der Waals surface area contributed by atoms with E-state index in [1.54, 1.807) is 0 Å². The van der Waals surface area contributed by atoms with Crippen LogP contribution in [-0.4, -0.2) is 40.3 Å². The number of hydrogen-bond acceptors (Lipinski definition) is 5. The van der Waals surface area contributed by atoms with Crippen molar-refractivity contribution in [2.75, 3.05) is 29.9 Å². The van der Waals surface area contributed by atoms with E-state index in [1.165, 1.54) is 0 Å². The van der Waals surface area contributed by atoms with Crippen molar-refractivity contribution < 1.29 is 5.11 Å². The quantitative estimate of drug-likeness (QED) is 0.870. The van der Waals surface area contributed by atoms with Gasteiger partial charge in [-0.3, -0.25) is 0 Å². The summed E-state index contributed by atoms with van der Waals surface area (Å²) in [5, 5.41) is 13.3. The molecule has 19 heavy (non-hydrogen) atoms. The Morgan fingerprint density at radius 2 is 2.05 bits per heavy atom. The van der Waals surface area contributed by atoms with Crippen LogP contribution in [0.5, 0.6) is 0 Å². The first kappa shape index (κ1) is 14.1. The lowest BCUT2D eigenvalue weighted by molar-refractivity contribution is 0.0350. The van der Waals surface area contributed by atoms with Gasteiger partial charge in [0, 0.05) is 25.7 Å². The predicted molar refractivity (Wildman–Crippen MR) is 77.6 cm³/mol. The van der Waals surface area contributed by atoms with E-state index in [4.69, 9.17) is 0 Å². The van der Waals surface area contributed by atoms with Crippen molar-refractivity contribution in [3.63, 3.8) is 0 Å². The van der Waals surface area contributed by atoms with Crippen LogP contribution in [0, 0.1) is 6.92 Å². The van der Waals surface area contributed by atoms with E-state index >= 15 is 0 Å². The molecule has 1 aliphatic heterocycles. The van der Waals surface area contributed by atoms with Crippen LogP contribution in [0.25, 0.3) is 0 Å². The Morgan fingerprint density at radius 1 is 1.37 bits per heavy atom. The number of hydrogen-bond donors (Lipinski definition) is 2. The summed E-state index contributed by atoms with van der Waals surface area (Å²) < 4.78 is 0. The Hall–Kier alpha value is -1.36. The van der Waals surface area contributed by atoms with E-state index in [1.807, 2.05) is 19.9 Å². The molecule has 1 fully saturated rings. The van der Waals surface area contributed by atoms with Crippen LogP contribution in [0.15, 0.2) is 6.07 Å². The molecule has 2 N–H and O–H groups in total. The number of piperidine rings is 1. The molecular weight excluding hydrogens is 240 g/mol. The summed E-state index contributed by atoms with van der Waals surface area (Å²) in [4.78, 5) is 11.1. The monoisotopic (exact) mass is 264 g/mol. The fraction of sp³-hybridized carbons (Fsp3) is 0.714. The second kappa shape index (κ2) is 5.74. The summed E-state index contributed by atoms with van der Waals surface area (Å²) in [6.45, 7) is 8.57. The molecule has 2 heterocycles. The fourth-order valence-corrected chi connectivity index (χ4v) is 2.28. The van der Waals surface area contributed by atoms with Crippen molar-refractivity contribution in [1.82, 2.24) is 9.97 Å². The molecule has 0 spiro atoms. The maximum absolute atomic E-state index is 9.99. The number of aliphatic hydroxyl groups is 1. The van der Waals surface area contributed by atoms with E-state index in [9.17, 15) is 5.11 Å². The van der Waals surface area contributed by atoms with Crippen molar-refractivity contribution in [3.05, 3.63) is 11.9 Å². The van der Waals surface area contributed by atoms with Crippen molar-refractivity contribution in [1.29, 1.82) is 0 Å². The van der Waals surface area contributed by atoms with Gasteiger partial charge < -0.3 is 15.3 Å². The van der Waals surface area contributed by atoms with E-state index in [-0.39, 0.29) is 0 Å². The summed E-state index contributed by atoms with van der Waals surface area (Å²) in [7, 11) is 0. The van der Waals surface area contributed by atoms with Gasteiger partial charge in [-0.1, -0.05) is 6.92 Å². The minimum absolute atomic E-state index is 0.526. The van der Waals surface area contributed by atoms with E-state index in [0.29, 0.717) is 0 Å². The fourth-order valence-electron chi connectivity index (χ4n) is 2.28. The van der Waals surface area contributed by atoms with Crippen molar-refractivity contribution in [2.45, 2.75) is 45.6 Å². The van der Waals surface area contributed by atoms with Gasteiger partial charge in [0.05, 0.1) is 5.60 Å². The zero-order valence-electron chi connectivity index (χ0n) is 12.1. The third-order valence-corrected chi connectivity index (χ3v) is 3.55. The van der Waals surface area contributed by atoms with Gasteiger partial charge in [-0.05, 0) is 33.1 Å². The summed E-state index contributed by atoms with van der Waals surface area (Å²) in [6, 6.07) is 2.00. The highest BCUT2D eigenvalue weighted by Crippen LogP contribution is 2.25. The van der Waals surface area contributed by atoms with E-state index in [2.05, 4.69) is 27.1 Å². The van der Waals surface area contributed by atoms with Crippen molar-refractivity contribution in [3.8, 4) is 0 Å². The lowest BCUT2D eigenvalue weighted by Crippen LogP contribution is -2.42. The molecule has 0 saturated carbocycles. The van der Waals surface area contributed by atoms with Crippen LogP contribution in [0.2, 0.25) is 0 Å². The topological polar surface area (TPSA) is 61.3 Å². The lowest BCUT2D eigenvalue weighted by atomic mass is 9.94. The van der Waals surface area contributed by atoms with Gasteiger partial charge >= 0.3 is 0 Å². The average molecular weight is 264 g/mol. The molecule has 0 atom stereocenters. The maximum Gasteiger partial charge on any atom is 0.134 e. The smallest absolute Gasteiger partial charge is 0.134 e. The maximum atomic E-state index is 9.99. The molecule has 0 aliphatic carbocycles. The Balaban J connectivity index is 2.09. The highest BCUT2D eigenvalue weighted by Gasteiger charge is 2.28. The second-order valence-corrected chi connectivity index (χ2v) is 5.57. The van der Waals surface area contributed by atoms with Crippen LogP contribution in [-0.2, 0) is 0 Å². The highest BCUT2D eigenvalue weighted by atomic mass is 16.3. The molecule has 1 saturated heterocycles. The number of rotatable bonds is 4. The largest absolute Gasteiger partial charge is 0.390 e. The predicted octanol–water partition coefficient (Wildman–Crippen LogP) is 1.96. The Bertz CT molecular complexity index is 423. The first-order chi connectivity index (χ1) is 9.00. The number of nitrogens with one attached hydrogen (secondary N) is 1. The van der Waals surface area contributed by atoms with Gasteiger partial charge in [0.15, 0.2) is 0 Å². The first-order valence-electron chi connectivity index (χ1n) is 7.07. The molecule has 1 aromatic rings. The zero-order valence-corrected chi connectivity index (χ0v) is 12.1. The van der Waals surface area contributed by atoms with Crippen LogP contribution in [0.1, 0.15) is 38.9 Å². The van der Waals surface area contributed by atoms with E-state index < -0.39 is 5.60 Å². The zero-order chi connectivity index (χ0) is 13.9. The summed E-state index contributed by atoms with van der Waals surface area (Å²) in [5.74, 6) is 2.64. The number of nitrogens with zero attached hydrogens (tertiary/aromatic N) is 3. The molecule has 1 aromatic heterocycles. The van der Waals surface area contributed by atoms with Crippen LogP contribution < -0.4 is 10.2 Å². The Kier molecular flexibility index (Phi) is 4.24. The molecule has 0 amide bonds. The lowest BCUT2D eigenvalue weighted by Gasteiger charge is -2.36. The first-order valence-corrected chi connectivity index (χ1v) is 7.07. The molecule has 1 aliphatic rings. The number of aromatic nitrogens is 2. The minimum Gasteiger partial charge on any atom is -0.390 e. The van der Waals surface area contributed by atoms with Gasteiger partial charge in [-0.2, -0.15) is 0 Å². The van der Waals surface area contributed by atoms with Crippen LogP contribution >= 0.6 is 0 Å². The van der Waals surface area contributed by atoms with Gasteiger partial charge in [0.2, 0.25) is 0 Å². The van der Waals surface area contributed by atoms with Gasteiger partial charge in [-0.15, -0.1) is 0 Å². The molecule has 0 aromatic carbocycles. The molecule has 106 valence electrons. The van der Waals surface area contributed by atoms with Gasteiger partial charge in [0.25, 0.3) is 0 Å². The summed E-state index contributed by atoms with van der Waals surface area (Å²) in [6.07, 6.45) is 2.65. The third kappa shape index (κ3) is 3.80. The van der Waals surface area contributed by atoms with E-state index in [0.717, 1.165) is 56.4 Å². The molecule has 5 heteroatoms. The summed E-state index contributed by atoms with van der Waals surface area (Å²) in [5.41, 5.74) is -0.526. The standard InChI is InChI=1S/C14H24N4O/c1-4-7-15-12-10-13(17-11(2)16-12)18-8-5-14(3,19)6-9-18/h10,19H,4-9H2,1-3H3,(H,15,16,17). The summed E-state index contributed by atoms with van der Waals surface area (Å²) >= 11 is 0. The molecule has 2 rings (SSSR count). The van der Waals surface area contributed by atoms with Crippen molar-refractivity contribution in [2.24, 2.45) is 0 Å². The van der Waals surface area contributed by atoms with Crippen LogP contribution in [0.3, 0.4) is 0 Å². The molecule has 0 radical (unpaired) electrons. The third-order valence-electron chi connectivity index (χ3n) is 3.55. The SMILES string of the molecule is CCCNc1cc(N2CCC(C)(O)CC2)nc(C)n1. The van der Waals surface area contributed by atoms with Crippen LogP contribution in [0.4, 0.5) is 11.6 Å². The van der Waals surface area contributed by atoms with Gasteiger partial charge in [-0.25, -0.2) is 9.97 Å². The second-order valence-electron chi connectivity index (χ2n) is 5.57. The minimum atomic E-state index is -0.526. The number of anilines is 2. The average Bonchev–Trinajstić information content (AvgIpc) is 2.35. The molecule has 0 bridgehead atoms. The van der Waals surface area contributed by atoms with Crippen molar-refractivity contribution >= 4 is 11.6 Å².